The maximum atomic E-state index is 9.76. The lowest BCUT2D eigenvalue weighted by Crippen LogP contribution is -2.31. The maximum Gasteiger partial charge on any atom is 0.332 e. The summed E-state index contributed by atoms with van der Waals surface area (Å²) >= 11 is 3.65. The van der Waals surface area contributed by atoms with E-state index in [0.717, 1.165) is 0 Å². The molecule has 0 aliphatic rings. The van der Waals surface area contributed by atoms with Crippen LogP contribution in [0, 0.1) is 0 Å². The van der Waals surface area contributed by atoms with Crippen LogP contribution in [-0.4, -0.2) is 45.2 Å². The first-order valence-corrected chi connectivity index (χ1v) is 4.50. The zero-order valence-electron chi connectivity index (χ0n) is 7.75. The lowest BCUT2D eigenvalue weighted by Gasteiger charge is -1.96. The van der Waals surface area contributed by atoms with Gasteiger partial charge in [0.2, 0.25) is 0 Å². The molecule has 84 valence electrons. The summed E-state index contributed by atoms with van der Waals surface area (Å²) in [5.41, 5.74) is 4.94. The Morgan fingerprint density at radius 1 is 1.36 bits per heavy atom. The lowest BCUT2D eigenvalue weighted by atomic mass is 10.3. The van der Waals surface area contributed by atoms with Crippen LogP contribution < -0.4 is 5.73 Å². The van der Waals surface area contributed by atoms with Crippen molar-refractivity contribution in [1.29, 1.82) is 0 Å². The second-order valence-electron chi connectivity index (χ2n) is 2.39. The van der Waals surface area contributed by atoms with Gasteiger partial charge in [0.1, 0.15) is 6.04 Å². The van der Waals surface area contributed by atoms with E-state index in [2.05, 4.69) is 12.6 Å². The number of carboxylic acids is 2. The Balaban J connectivity index is 0. The predicted molar refractivity (Wildman–Crippen MR) is 53.4 cm³/mol. The molecule has 0 saturated heterocycles. The molecule has 6 nitrogen and oxygen atoms in total. The summed E-state index contributed by atoms with van der Waals surface area (Å²) in [6.07, 6.45) is -0.907. The zero-order valence-corrected chi connectivity index (χ0v) is 8.65. The largest absolute Gasteiger partial charge is 0.480 e. The summed E-state index contributed by atoms with van der Waals surface area (Å²) in [5.74, 6) is -1.97. The molecule has 0 bridgehead atoms. The second kappa shape index (κ2) is 8.79. The van der Waals surface area contributed by atoms with E-state index in [1.807, 2.05) is 0 Å². The fourth-order valence-corrected chi connectivity index (χ4v) is 0.409. The molecule has 0 saturated carbocycles. The van der Waals surface area contributed by atoms with Gasteiger partial charge in [-0.05, 0) is 6.42 Å². The van der Waals surface area contributed by atoms with Crippen LogP contribution in [0.15, 0.2) is 0 Å². The van der Waals surface area contributed by atoms with Gasteiger partial charge in [0, 0.05) is 5.75 Å². The summed E-state index contributed by atoms with van der Waals surface area (Å²) in [4.78, 5) is 19.4. The summed E-state index contributed by atoms with van der Waals surface area (Å²) in [6, 6.07) is -0.816. The normalized spacial score (nSPS) is 13.4. The molecule has 0 spiro atoms. The van der Waals surface area contributed by atoms with Gasteiger partial charge in [0.05, 0.1) is 0 Å². The number of nitrogens with two attached hydrogens (primary N) is 1. The number of carbonyl (C=O) groups is 2. The minimum atomic E-state index is -1.18. The number of carboxylic acid groups (broad SMARTS) is 2. The highest BCUT2D eigenvalue weighted by atomic mass is 32.1. The Bertz CT molecular complexity index is 167. The molecule has 0 aromatic rings. The third kappa shape index (κ3) is 9.30. The van der Waals surface area contributed by atoms with Crippen molar-refractivity contribution < 1.29 is 24.9 Å². The number of thiol groups is 1. The first kappa shape index (κ1) is 15.7. The van der Waals surface area contributed by atoms with Crippen molar-refractivity contribution in [2.45, 2.75) is 25.5 Å². The van der Waals surface area contributed by atoms with Gasteiger partial charge >= 0.3 is 11.9 Å². The van der Waals surface area contributed by atoms with Crippen LogP contribution in [0.25, 0.3) is 0 Å². The Kier molecular flexibility index (Phi) is 9.84. The Labute approximate surface area is 87.1 Å². The second-order valence-corrected chi connectivity index (χ2v) is 2.75. The van der Waals surface area contributed by atoms with Gasteiger partial charge < -0.3 is 21.1 Å². The van der Waals surface area contributed by atoms with Gasteiger partial charge in [-0.2, -0.15) is 12.6 Å². The van der Waals surface area contributed by atoms with Gasteiger partial charge in [0.25, 0.3) is 0 Å². The van der Waals surface area contributed by atoms with Crippen LogP contribution >= 0.6 is 12.6 Å². The molecule has 0 heterocycles. The third-order valence-corrected chi connectivity index (χ3v) is 1.58. The molecule has 0 aliphatic heterocycles. The number of aliphatic hydroxyl groups excluding tert-OH is 1. The molecule has 2 atom stereocenters. The van der Waals surface area contributed by atoms with Crippen LogP contribution in [0.4, 0.5) is 0 Å². The van der Waals surface area contributed by atoms with Crippen molar-refractivity contribution in [3.05, 3.63) is 0 Å². The summed E-state index contributed by atoms with van der Waals surface area (Å²) in [5, 5.41) is 24.3. The molecular formula is C7H15NO5S. The van der Waals surface area contributed by atoms with Crippen LogP contribution in [0.5, 0.6) is 0 Å². The van der Waals surface area contributed by atoms with Crippen molar-refractivity contribution >= 4 is 24.6 Å². The van der Waals surface area contributed by atoms with Gasteiger partial charge in [-0.1, -0.05) is 6.92 Å². The first-order valence-electron chi connectivity index (χ1n) is 3.86. The maximum absolute atomic E-state index is 9.76. The fourth-order valence-electron chi connectivity index (χ4n) is 0.253. The van der Waals surface area contributed by atoms with E-state index < -0.39 is 24.1 Å². The first-order chi connectivity index (χ1) is 6.36. The Morgan fingerprint density at radius 2 is 1.79 bits per heavy atom. The van der Waals surface area contributed by atoms with Crippen LogP contribution in [0.1, 0.15) is 13.3 Å². The number of hydrogen-bond acceptors (Lipinski definition) is 5. The molecule has 0 radical (unpaired) electrons. The van der Waals surface area contributed by atoms with Crippen molar-refractivity contribution in [3.63, 3.8) is 0 Å². The highest BCUT2D eigenvalue weighted by molar-refractivity contribution is 7.80. The quantitative estimate of drug-likeness (QED) is 0.398. The van der Waals surface area contributed by atoms with Crippen LogP contribution in [-0.2, 0) is 9.59 Å². The molecule has 0 fully saturated rings. The van der Waals surface area contributed by atoms with E-state index >= 15 is 0 Å². The van der Waals surface area contributed by atoms with E-state index in [1.165, 1.54) is 0 Å². The molecular weight excluding hydrogens is 210 g/mol. The molecule has 5 N–H and O–H groups in total. The van der Waals surface area contributed by atoms with E-state index in [4.69, 9.17) is 21.1 Å². The van der Waals surface area contributed by atoms with Crippen LogP contribution in [0.3, 0.4) is 0 Å². The number of rotatable bonds is 4. The van der Waals surface area contributed by atoms with E-state index in [1.54, 1.807) is 6.92 Å². The van der Waals surface area contributed by atoms with Crippen molar-refractivity contribution in [2.75, 3.05) is 5.75 Å². The number of hydrogen-bond donors (Lipinski definition) is 5. The molecule has 0 aromatic heterocycles. The van der Waals surface area contributed by atoms with E-state index in [9.17, 15) is 9.59 Å². The molecule has 0 amide bonds. The molecule has 1 unspecified atom stereocenters. The molecule has 0 aliphatic carbocycles. The topological polar surface area (TPSA) is 121 Å². The molecule has 0 rings (SSSR count). The lowest BCUT2D eigenvalue weighted by molar-refractivity contribution is -0.146. The van der Waals surface area contributed by atoms with Crippen molar-refractivity contribution in [1.82, 2.24) is 0 Å². The average Bonchev–Trinajstić information content (AvgIpc) is 2.15. The highest BCUT2D eigenvalue weighted by Gasteiger charge is 2.07. The van der Waals surface area contributed by atoms with Crippen molar-refractivity contribution in [2.24, 2.45) is 5.73 Å². The summed E-state index contributed by atoms with van der Waals surface area (Å²) in [6.45, 7) is 1.61. The van der Waals surface area contributed by atoms with E-state index in [0.29, 0.717) is 0 Å². The van der Waals surface area contributed by atoms with Gasteiger partial charge in [-0.3, -0.25) is 4.79 Å². The predicted octanol–water partition coefficient (Wildman–Crippen LogP) is -0.830. The van der Waals surface area contributed by atoms with Gasteiger partial charge in [-0.25, -0.2) is 4.79 Å². The summed E-state index contributed by atoms with van der Waals surface area (Å²) < 4.78 is 0. The highest BCUT2D eigenvalue weighted by Crippen LogP contribution is 1.86. The van der Waals surface area contributed by atoms with Gasteiger partial charge in [0.15, 0.2) is 6.10 Å². The zero-order chi connectivity index (χ0) is 11.7. The number of aliphatic hydroxyl groups is 1. The smallest absolute Gasteiger partial charge is 0.332 e. The minimum absolute atomic E-state index is 0.190. The Hall–Kier alpha value is -0.790. The van der Waals surface area contributed by atoms with Gasteiger partial charge in [-0.15, -0.1) is 0 Å². The molecule has 0 aromatic carbocycles. The SMILES string of the molecule is CCC(O)C(=O)O.N[C@@H](CS)C(=O)O. The van der Waals surface area contributed by atoms with Crippen molar-refractivity contribution in [3.8, 4) is 0 Å². The number of aliphatic carboxylic acids is 2. The monoisotopic (exact) mass is 225 g/mol. The average molecular weight is 225 g/mol. The molecule has 7 heteroatoms. The Morgan fingerprint density at radius 3 is 1.79 bits per heavy atom. The third-order valence-electron chi connectivity index (χ3n) is 1.19. The van der Waals surface area contributed by atoms with E-state index in [-0.39, 0.29) is 12.2 Å². The van der Waals surface area contributed by atoms with Crippen LogP contribution in [0.2, 0.25) is 0 Å². The molecule has 14 heavy (non-hydrogen) atoms. The summed E-state index contributed by atoms with van der Waals surface area (Å²) in [7, 11) is 0. The minimum Gasteiger partial charge on any atom is -0.480 e. The fraction of sp³-hybridized carbons (Fsp3) is 0.714. The standard InChI is InChI=1S/C4H8O3.C3H7NO2S/c1-2-3(5)4(6)7;4-2(1-7)3(5)6/h3,5H,2H2,1H3,(H,6,7);2,7H,1,4H2,(H,5,6)/t;2-/m.0/s1.